The summed E-state index contributed by atoms with van der Waals surface area (Å²) in [6, 6.07) is 5.46. The van der Waals surface area contributed by atoms with E-state index in [1.165, 1.54) is 0 Å². The number of carboxylic acids is 1. The summed E-state index contributed by atoms with van der Waals surface area (Å²) in [5.74, 6) is -1.04. The molecule has 1 aromatic carbocycles. The Hall–Kier alpha value is -1.26. The highest BCUT2D eigenvalue weighted by Crippen LogP contribution is 2.49. The highest BCUT2D eigenvalue weighted by molar-refractivity contribution is 6.42. The molecule has 21 heavy (non-hydrogen) atoms. The van der Waals surface area contributed by atoms with Crippen LogP contribution >= 0.6 is 23.2 Å². The smallest absolute Gasteiger partial charge is 0.308 e. The van der Waals surface area contributed by atoms with Crippen LogP contribution in [0.3, 0.4) is 0 Å². The fourth-order valence-corrected chi connectivity index (χ4v) is 3.28. The van der Waals surface area contributed by atoms with Crippen molar-refractivity contribution in [2.75, 3.05) is 13.1 Å². The van der Waals surface area contributed by atoms with Crippen molar-refractivity contribution in [1.82, 2.24) is 4.90 Å². The highest BCUT2D eigenvalue weighted by Gasteiger charge is 2.47. The summed E-state index contributed by atoms with van der Waals surface area (Å²) in [6.45, 7) is 0.874. The second-order valence-corrected chi connectivity index (χ2v) is 6.54. The van der Waals surface area contributed by atoms with Crippen molar-refractivity contribution in [1.29, 1.82) is 0 Å². The first-order chi connectivity index (χ1) is 9.97. The van der Waals surface area contributed by atoms with Crippen molar-refractivity contribution in [3.8, 4) is 0 Å². The number of hydrogen-bond acceptors (Lipinski definition) is 2. The average Bonchev–Trinajstić information content (AvgIpc) is 3.08. The molecule has 0 radical (unpaired) electrons. The van der Waals surface area contributed by atoms with Crippen LogP contribution in [-0.2, 0) is 9.59 Å². The maximum absolute atomic E-state index is 12.4. The Morgan fingerprint density at radius 3 is 2.62 bits per heavy atom. The minimum atomic E-state index is -0.817. The van der Waals surface area contributed by atoms with Crippen LogP contribution in [0.5, 0.6) is 0 Å². The van der Waals surface area contributed by atoms with E-state index in [4.69, 9.17) is 28.3 Å². The number of carbonyl (C=O) groups excluding carboxylic acids is 1. The summed E-state index contributed by atoms with van der Waals surface area (Å²) in [5.41, 5.74) is 1.02. The van der Waals surface area contributed by atoms with E-state index in [2.05, 4.69) is 0 Å². The first-order valence-corrected chi connectivity index (χ1v) is 7.69. The number of amides is 1. The predicted molar refractivity (Wildman–Crippen MR) is 79.6 cm³/mol. The molecule has 1 amide bonds. The van der Waals surface area contributed by atoms with Crippen LogP contribution in [0.2, 0.25) is 10.0 Å². The number of halogens is 2. The van der Waals surface area contributed by atoms with Gasteiger partial charge in [0.1, 0.15) is 0 Å². The third kappa shape index (κ3) is 2.87. The van der Waals surface area contributed by atoms with Gasteiger partial charge in [0, 0.05) is 19.0 Å². The van der Waals surface area contributed by atoms with E-state index in [0.717, 1.165) is 12.0 Å². The molecule has 6 heteroatoms. The molecular formula is C15H15Cl2NO3. The quantitative estimate of drug-likeness (QED) is 0.928. The van der Waals surface area contributed by atoms with Crippen LogP contribution < -0.4 is 0 Å². The summed E-state index contributed by atoms with van der Waals surface area (Å²) >= 11 is 11.9. The van der Waals surface area contributed by atoms with Gasteiger partial charge in [-0.05, 0) is 36.5 Å². The summed E-state index contributed by atoms with van der Waals surface area (Å²) < 4.78 is 0. The number of aliphatic carboxylic acids is 1. The van der Waals surface area contributed by atoms with Crippen molar-refractivity contribution < 1.29 is 14.7 Å². The maximum Gasteiger partial charge on any atom is 0.308 e. The second-order valence-electron chi connectivity index (χ2n) is 5.73. The molecule has 1 saturated heterocycles. The van der Waals surface area contributed by atoms with E-state index in [1.54, 1.807) is 11.0 Å². The lowest BCUT2D eigenvalue weighted by Gasteiger charge is -2.15. The minimum Gasteiger partial charge on any atom is -0.481 e. The molecule has 1 N–H and O–H groups in total. The van der Waals surface area contributed by atoms with E-state index in [-0.39, 0.29) is 17.7 Å². The Kier molecular flexibility index (Phi) is 3.84. The number of rotatable bonds is 3. The van der Waals surface area contributed by atoms with E-state index < -0.39 is 11.9 Å². The van der Waals surface area contributed by atoms with Gasteiger partial charge in [0.15, 0.2) is 0 Å². The Bertz CT molecular complexity index is 605. The first-order valence-electron chi connectivity index (χ1n) is 6.94. The molecule has 3 atom stereocenters. The van der Waals surface area contributed by atoms with Gasteiger partial charge in [-0.3, -0.25) is 9.59 Å². The Balaban J connectivity index is 1.64. The zero-order chi connectivity index (χ0) is 15.1. The van der Waals surface area contributed by atoms with Crippen molar-refractivity contribution in [3.05, 3.63) is 33.8 Å². The van der Waals surface area contributed by atoms with Crippen molar-refractivity contribution in [2.24, 2.45) is 11.8 Å². The van der Waals surface area contributed by atoms with Gasteiger partial charge in [-0.2, -0.15) is 0 Å². The topological polar surface area (TPSA) is 57.6 Å². The molecule has 2 aliphatic rings. The zero-order valence-corrected chi connectivity index (χ0v) is 12.8. The highest BCUT2D eigenvalue weighted by atomic mass is 35.5. The lowest BCUT2D eigenvalue weighted by molar-refractivity contribution is -0.141. The normalized spacial score (nSPS) is 27.7. The summed E-state index contributed by atoms with van der Waals surface area (Å²) in [5, 5.41) is 10.00. The van der Waals surface area contributed by atoms with Gasteiger partial charge in [-0.15, -0.1) is 0 Å². The van der Waals surface area contributed by atoms with Gasteiger partial charge in [0.25, 0.3) is 0 Å². The molecular weight excluding hydrogens is 313 g/mol. The number of benzene rings is 1. The van der Waals surface area contributed by atoms with Crippen LogP contribution in [0.4, 0.5) is 0 Å². The molecule has 1 aromatic rings. The van der Waals surface area contributed by atoms with Crippen LogP contribution in [0, 0.1) is 11.8 Å². The monoisotopic (exact) mass is 327 g/mol. The van der Waals surface area contributed by atoms with Crippen molar-refractivity contribution in [3.63, 3.8) is 0 Å². The lowest BCUT2D eigenvalue weighted by atomic mass is 10.1. The predicted octanol–water partition coefficient (Wildman–Crippen LogP) is 3.03. The summed E-state index contributed by atoms with van der Waals surface area (Å²) in [6.07, 6.45) is 1.34. The van der Waals surface area contributed by atoms with E-state index in [1.807, 2.05) is 12.1 Å². The first kappa shape index (κ1) is 14.7. The van der Waals surface area contributed by atoms with Gasteiger partial charge < -0.3 is 10.0 Å². The third-order valence-corrected chi connectivity index (χ3v) is 5.07. The van der Waals surface area contributed by atoms with E-state index in [0.29, 0.717) is 29.6 Å². The van der Waals surface area contributed by atoms with Gasteiger partial charge in [0.05, 0.1) is 16.0 Å². The second kappa shape index (κ2) is 5.50. The summed E-state index contributed by atoms with van der Waals surface area (Å²) in [7, 11) is 0. The molecule has 4 nitrogen and oxygen atoms in total. The van der Waals surface area contributed by atoms with Crippen LogP contribution in [-0.4, -0.2) is 35.0 Å². The number of carboxylic acid groups (broad SMARTS) is 1. The third-order valence-electron chi connectivity index (χ3n) is 4.33. The number of likely N-dealkylation sites (tertiary alicyclic amines) is 1. The van der Waals surface area contributed by atoms with Gasteiger partial charge in [-0.1, -0.05) is 29.3 Å². The molecule has 1 aliphatic carbocycles. The molecule has 1 heterocycles. The Morgan fingerprint density at radius 2 is 2.00 bits per heavy atom. The summed E-state index contributed by atoms with van der Waals surface area (Å²) in [4.78, 5) is 25.0. The Morgan fingerprint density at radius 1 is 1.24 bits per heavy atom. The average molecular weight is 328 g/mol. The molecule has 112 valence electrons. The van der Waals surface area contributed by atoms with Crippen molar-refractivity contribution in [2.45, 2.75) is 18.8 Å². The molecule has 1 saturated carbocycles. The Labute approximate surface area is 132 Å². The molecule has 0 bridgehead atoms. The van der Waals surface area contributed by atoms with E-state index in [9.17, 15) is 9.59 Å². The molecule has 2 fully saturated rings. The number of hydrogen-bond donors (Lipinski definition) is 1. The largest absolute Gasteiger partial charge is 0.481 e. The van der Waals surface area contributed by atoms with Crippen molar-refractivity contribution >= 4 is 35.1 Å². The maximum atomic E-state index is 12.4. The lowest BCUT2D eigenvalue weighted by Crippen LogP contribution is -2.31. The minimum absolute atomic E-state index is 0.0465. The molecule has 3 rings (SSSR count). The molecule has 0 aromatic heterocycles. The van der Waals surface area contributed by atoms with E-state index >= 15 is 0 Å². The SMILES string of the molecule is O=C(O)[C@@H]1CCN(C(=O)[C@@H]2C[C@@H]2c2ccc(Cl)c(Cl)c2)C1. The fraction of sp³-hybridized carbons (Fsp3) is 0.467. The van der Waals surface area contributed by atoms with Gasteiger partial charge in [0.2, 0.25) is 5.91 Å². The fourth-order valence-electron chi connectivity index (χ4n) is 2.98. The zero-order valence-electron chi connectivity index (χ0n) is 11.3. The van der Waals surface area contributed by atoms with Crippen LogP contribution in [0.25, 0.3) is 0 Å². The molecule has 0 spiro atoms. The van der Waals surface area contributed by atoms with Crippen LogP contribution in [0.15, 0.2) is 18.2 Å². The van der Waals surface area contributed by atoms with Crippen LogP contribution in [0.1, 0.15) is 24.3 Å². The number of carbonyl (C=O) groups is 2. The molecule has 0 unspecified atom stereocenters. The molecule has 1 aliphatic heterocycles. The van der Waals surface area contributed by atoms with Gasteiger partial charge >= 0.3 is 5.97 Å². The van der Waals surface area contributed by atoms with Gasteiger partial charge in [-0.25, -0.2) is 0 Å². The standard InChI is InChI=1S/C15H15Cl2NO3/c16-12-2-1-8(5-13(12)17)10-6-11(10)14(19)18-4-3-9(7-18)15(20)21/h1-2,5,9-11H,3-4,6-7H2,(H,20,21)/t9-,10-,11-/m1/s1. The number of nitrogens with zero attached hydrogens (tertiary/aromatic N) is 1.